The molecule has 19 aromatic rings. The van der Waals surface area contributed by atoms with Gasteiger partial charge in [-0.2, -0.15) is 0 Å². The second kappa shape index (κ2) is 20.9. The topological polar surface area (TPSA) is 31.0 Å². The molecular weight excluding hydrogens is 1400 g/mol. The summed E-state index contributed by atoms with van der Waals surface area (Å²) in [7, 11) is 0. The van der Waals surface area contributed by atoms with Crippen molar-refractivity contribution in [2.24, 2.45) is 0 Å². The lowest BCUT2D eigenvalue weighted by molar-refractivity contribution is 0.959. The van der Waals surface area contributed by atoms with Crippen molar-refractivity contribution in [3.8, 4) is 17.1 Å². The van der Waals surface area contributed by atoms with E-state index < -0.39 is 0 Å². The van der Waals surface area contributed by atoms with E-state index in [2.05, 4.69) is 359 Å². The van der Waals surface area contributed by atoms with Gasteiger partial charge >= 0.3 is 0 Å². The largest absolute Gasteiger partial charge is 0.311 e. The van der Waals surface area contributed by atoms with Crippen LogP contribution in [0.4, 0.5) is 85.3 Å². The number of hydrogen-bond donors (Lipinski definition) is 0. The first-order valence-corrected chi connectivity index (χ1v) is 41.5. The van der Waals surface area contributed by atoms with Gasteiger partial charge in [-0.3, -0.25) is 0 Å². The van der Waals surface area contributed by atoms with E-state index in [1.165, 1.54) is 278 Å². The molecule has 116 heavy (non-hydrogen) atoms. The predicted molar refractivity (Wildman–Crippen MR) is 491 cm³/mol. The number of benzene rings is 16. The Labute approximate surface area is 671 Å². The molecule has 0 unspecified atom stereocenters. The Kier molecular flexibility index (Phi) is 11.1. The lowest BCUT2D eigenvalue weighted by Gasteiger charge is -2.51. The summed E-state index contributed by atoms with van der Waals surface area (Å²) in [6.45, 7) is 13.4. The van der Waals surface area contributed by atoms with Crippen LogP contribution in [0.1, 0.15) is 44.5 Å². The molecule has 10 aliphatic heterocycles. The van der Waals surface area contributed by atoms with Crippen LogP contribution in [-0.2, 0) is 12.8 Å². The lowest BCUT2D eigenvalue weighted by Crippen LogP contribution is -2.80. The minimum Gasteiger partial charge on any atom is -0.311 e. The third-order valence-electron chi connectivity index (χ3n) is 28.8. The van der Waals surface area contributed by atoms with Gasteiger partial charge in [0.15, 0.2) is 0 Å². The zero-order chi connectivity index (χ0) is 75.7. The number of anilines is 15. The van der Waals surface area contributed by atoms with Crippen molar-refractivity contribution in [2.45, 2.75) is 54.4 Å². The van der Waals surface area contributed by atoms with Crippen molar-refractivity contribution >= 4 is 243 Å². The first kappa shape index (κ1) is 61.7. The molecule has 10 aliphatic rings. The molecular formula is C104H68B4N8. The molecule has 0 spiro atoms. The van der Waals surface area contributed by atoms with Gasteiger partial charge in [0.2, 0.25) is 0 Å². The smallest absolute Gasteiger partial charge is 0.251 e. The zero-order valence-electron chi connectivity index (χ0n) is 64.9. The van der Waals surface area contributed by atoms with Crippen molar-refractivity contribution in [3.05, 3.63) is 324 Å². The van der Waals surface area contributed by atoms with Gasteiger partial charge in [0.1, 0.15) is 0 Å². The molecule has 0 saturated carbocycles. The maximum absolute atomic E-state index is 2.67. The van der Waals surface area contributed by atoms with Crippen molar-refractivity contribution in [1.29, 1.82) is 0 Å². The van der Waals surface area contributed by atoms with E-state index in [0.29, 0.717) is 0 Å². The molecule has 0 amide bonds. The number of aromatic nitrogens is 3. The molecule has 0 aliphatic carbocycles. The Balaban J connectivity index is 0.575. The summed E-state index contributed by atoms with van der Waals surface area (Å²) in [5.74, 6) is 0. The molecule has 0 bridgehead atoms. The Morgan fingerprint density at radius 1 is 0.190 bits per heavy atom. The van der Waals surface area contributed by atoms with Crippen LogP contribution in [0.25, 0.3) is 82.5 Å². The number of hydrogen-bond acceptors (Lipinski definition) is 5. The second-order valence-electron chi connectivity index (χ2n) is 34.9. The predicted octanol–water partition coefficient (Wildman–Crippen LogP) is 17.2. The SMILES string of the molecule is Cc1ccc(N2c3cccc4c3B3c5c2ccc2c5B5c6c(cccc6-n6c7ccc(C)cc7c7cc(c3c5c76)N4c3ccc(C)cc3)N2c2ccc(CCc3ccc(N4c5cccc6c5B5c7c(cc8c9cc(C)ccc9n9c8c7B7c8c-9cccc8-n8c9ccc(C)cc9c9cc4c5c7c98)N6c4ccc(C)cc4)cc3)cc2)cc1. The van der Waals surface area contributed by atoms with Gasteiger partial charge in [0.25, 0.3) is 26.9 Å². The lowest BCUT2D eigenvalue weighted by atomic mass is 9.18. The Morgan fingerprint density at radius 2 is 0.422 bits per heavy atom. The molecule has 8 nitrogen and oxygen atoms in total. The Bertz CT molecular complexity index is 7950. The minimum absolute atomic E-state index is 0.00498. The van der Waals surface area contributed by atoms with Gasteiger partial charge in [0, 0.05) is 151 Å². The number of fused-ring (bicyclic) bond motifs is 12. The van der Waals surface area contributed by atoms with Gasteiger partial charge < -0.3 is 38.2 Å². The number of nitrogens with zero attached hydrogens (tertiary/aromatic N) is 8. The number of aryl methyl sites for hydroxylation is 8. The maximum atomic E-state index is 2.67. The highest BCUT2D eigenvalue weighted by Crippen LogP contribution is 2.54. The van der Waals surface area contributed by atoms with Crippen molar-refractivity contribution in [3.63, 3.8) is 0 Å². The molecule has 0 saturated heterocycles. The zero-order valence-corrected chi connectivity index (χ0v) is 64.9. The van der Waals surface area contributed by atoms with Gasteiger partial charge in [-0.15, -0.1) is 0 Å². The molecule has 29 rings (SSSR count). The highest BCUT2D eigenvalue weighted by Gasteiger charge is 2.59. The Morgan fingerprint density at radius 3 is 0.741 bits per heavy atom. The highest BCUT2D eigenvalue weighted by molar-refractivity contribution is 7.17. The summed E-state index contributed by atoms with van der Waals surface area (Å²) >= 11 is 0. The normalized spacial score (nSPS) is 14.6. The standard InChI is InChI=1S/C104H68B4N8/c1-55-19-34-63(35-20-55)109-77-11-7-13-79-90(77)105-94-85(109)47-48-86-95(94)107-92-78(12-9-16-82(92)114-74-44-25-58(4)49-68(74)71-52-87(96(105)99(107)102(71)114)111(79)64-36-21-56(2)22-37-64)110(86)66-40-30-61(31-41-66)28-29-62-32-42-67(43-33-62)113-81-15-8-14-80-91(81)106-97-88(112(80)65-38-23-57(3)24-39-65)53-72-69-50-59(5)26-45-75(69)115-83-17-10-18-84-93(83)108(100(97)103(72)115)101-98(106)89(113)54-73-70-51-60(6)27-46-76(70)116(84)104(73)101/h7-27,30-54H,28-29H2,1-6H3. The second-order valence-corrected chi connectivity index (χ2v) is 34.9. The Hall–Kier alpha value is -13.8. The average Bonchev–Trinajstić information content (AvgIpc) is 1.27. The van der Waals surface area contributed by atoms with E-state index in [1.807, 2.05) is 0 Å². The van der Waals surface area contributed by atoms with E-state index >= 15 is 0 Å². The van der Waals surface area contributed by atoms with Crippen molar-refractivity contribution in [1.82, 2.24) is 13.7 Å². The molecule has 3 aromatic heterocycles. The third kappa shape index (κ3) is 7.23. The fraction of sp³-hybridized carbons (Fsp3) is 0.0769. The summed E-state index contributed by atoms with van der Waals surface area (Å²) in [5.41, 5.74) is 57.6. The summed E-state index contributed by atoms with van der Waals surface area (Å²) in [5, 5.41) is 7.90. The number of rotatable bonds is 8. The summed E-state index contributed by atoms with van der Waals surface area (Å²) < 4.78 is 7.99. The quantitative estimate of drug-likeness (QED) is 0.142. The summed E-state index contributed by atoms with van der Waals surface area (Å²) in [6.07, 6.45) is 1.81. The summed E-state index contributed by atoms with van der Waals surface area (Å²) in [4.78, 5) is 13.1. The fourth-order valence-electron chi connectivity index (χ4n) is 24.3. The average molecular weight is 1470 g/mol. The van der Waals surface area contributed by atoms with Crippen molar-refractivity contribution < 1.29 is 0 Å². The van der Waals surface area contributed by atoms with Crippen LogP contribution in [0.15, 0.2) is 279 Å². The summed E-state index contributed by atoms with van der Waals surface area (Å²) in [6, 6.07) is 110. The molecule has 0 fully saturated rings. The van der Waals surface area contributed by atoms with Gasteiger partial charge in [-0.1, -0.05) is 137 Å². The van der Waals surface area contributed by atoms with Crippen LogP contribution in [0, 0.1) is 41.5 Å². The molecule has 0 atom stereocenters. The van der Waals surface area contributed by atoms with Gasteiger partial charge in [-0.05, 0) is 307 Å². The fourth-order valence-corrected chi connectivity index (χ4v) is 24.3. The van der Waals surface area contributed by atoms with Crippen LogP contribution >= 0.6 is 0 Å². The highest BCUT2D eigenvalue weighted by atomic mass is 15.2. The van der Waals surface area contributed by atoms with Crippen LogP contribution in [-0.4, -0.2) is 40.6 Å². The molecule has 536 valence electrons. The first-order chi connectivity index (χ1) is 57.0. The molecule has 12 heteroatoms. The third-order valence-corrected chi connectivity index (χ3v) is 28.8. The van der Waals surface area contributed by atoms with E-state index in [0.717, 1.165) is 12.8 Å². The van der Waals surface area contributed by atoms with Crippen LogP contribution in [0.5, 0.6) is 0 Å². The minimum atomic E-state index is -0.0116. The van der Waals surface area contributed by atoms with E-state index in [4.69, 9.17) is 0 Å². The molecule has 0 radical (unpaired) electrons. The monoisotopic (exact) mass is 1470 g/mol. The van der Waals surface area contributed by atoms with E-state index in [1.54, 1.807) is 0 Å². The molecule has 0 N–H and O–H groups in total. The molecule has 13 heterocycles. The van der Waals surface area contributed by atoms with E-state index in [-0.39, 0.29) is 26.9 Å². The van der Waals surface area contributed by atoms with Crippen LogP contribution < -0.4 is 90.1 Å². The van der Waals surface area contributed by atoms with Crippen LogP contribution in [0.2, 0.25) is 0 Å². The molecule has 16 aromatic carbocycles. The van der Waals surface area contributed by atoms with Crippen LogP contribution in [0.3, 0.4) is 0 Å². The van der Waals surface area contributed by atoms with Crippen molar-refractivity contribution in [2.75, 3.05) is 24.5 Å². The first-order valence-electron chi connectivity index (χ1n) is 41.5. The van der Waals surface area contributed by atoms with Gasteiger partial charge in [0.05, 0.1) is 16.6 Å². The van der Waals surface area contributed by atoms with Gasteiger partial charge in [-0.25, -0.2) is 0 Å². The maximum Gasteiger partial charge on any atom is 0.251 e. The van der Waals surface area contributed by atoms with E-state index in [9.17, 15) is 0 Å².